The minimum Gasteiger partial charge on any atom is -0.466 e. The van der Waals surface area contributed by atoms with E-state index in [4.69, 9.17) is 4.74 Å². The van der Waals surface area contributed by atoms with E-state index in [0.29, 0.717) is 44.5 Å². The van der Waals surface area contributed by atoms with Crippen molar-refractivity contribution in [1.29, 1.82) is 0 Å². The van der Waals surface area contributed by atoms with Gasteiger partial charge in [-0.05, 0) is 44.2 Å². The molecule has 29 heavy (non-hydrogen) atoms. The second-order valence-electron chi connectivity index (χ2n) is 7.92. The van der Waals surface area contributed by atoms with Gasteiger partial charge < -0.3 is 14.5 Å². The Labute approximate surface area is 171 Å². The number of halogens is 1. The molecule has 1 atom stereocenters. The van der Waals surface area contributed by atoms with Crippen molar-refractivity contribution in [3.05, 3.63) is 35.6 Å². The topological polar surface area (TPSA) is 66.9 Å². The molecule has 0 aromatic heterocycles. The van der Waals surface area contributed by atoms with Crippen molar-refractivity contribution < 1.29 is 23.5 Å². The van der Waals surface area contributed by atoms with Gasteiger partial charge in [0.15, 0.2) is 0 Å². The molecule has 3 rings (SSSR count). The third-order valence-electron chi connectivity index (χ3n) is 5.89. The fraction of sp³-hybridized carbons (Fsp3) is 0.591. The maximum absolute atomic E-state index is 14.3. The van der Waals surface area contributed by atoms with Gasteiger partial charge in [-0.1, -0.05) is 18.2 Å². The lowest BCUT2D eigenvalue weighted by atomic mass is 9.75. The summed E-state index contributed by atoms with van der Waals surface area (Å²) >= 11 is 0. The van der Waals surface area contributed by atoms with Crippen molar-refractivity contribution in [2.45, 2.75) is 45.4 Å². The second kappa shape index (κ2) is 9.37. The molecular formula is C22H29FN2O4. The van der Waals surface area contributed by atoms with Gasteiger partial charge in [-0.2, -0.15) is 0 Å². The summed E-state index contributed by atoms with van der Waals surface area (Å²) in [6, 6.07) is 6.42. The number of hydrogen-bond acceptors (Lipinski definition) is 4. The van der Waals surface area contributed by atoms with Gasteiger partial charge in [0, 0.05) is 39.0 Å². The third-order valence-corrected chi connectivity index (χ3v) is 5.89. The standard InChI is InChI=1S/C22H29FN2O4/c1-2-29-21(28)22(15-17-7-3-4-8-18(17)23)11-6-13-25(16-22)20(27)10-14-24-12-5-9-19(24)26/h3-4,7-8H,2,5-6,9-16H2,1H3/t22-/m1/s1. The third kappa shape index (κ3) is 4.95. The van der Waals surface area contributed by atoms with E-state index >= 15 is 0 Å². The maximum Gasteiger partial charge on any atom is 0.314 e. The maximum atomic E-state index is 14.3. The Balaban J connectivity index is 1.72. The molecule has 1 aromatic rings. The first-order valence-corrected chi connectivity index (χ1v) is 10.4. The molecule has 0 bridgehead atoms. The first kappa shape index (κ1) is 21.3. The van der Waals surface area contributed by atoms with Gasteiger partial charge in [-0.3, -0.25) is 14.4 Å². The number of amides is 2. The first-order valence-electron chi connectivity index (χ1n) is 10.4. The smallest absolute Gasteiger partial charge is 0.314 e. The van der Waals surface area contributed by atoms with E-state index in [1.54, 1.807) is 34.9 Å². The van der Waals surface area contributed by atoms with Gasteiger partial charge in [0.2, 0.25) is 11.8 Å². The molecule has 7 heteroatoms. The molecule has 0 N–H and O–H groups in total. The first-order chi connectivity index (χ1) is 13.9. The molecule has 1 aromatic carbocycles. The number of ether oxygens (including phenoxy) is 1. The molecule has 6 nitrogen and oxygen atoms in total. The van der Waals surface area contributed by atoms with Crippen LogP contribution in [0.1, 0.15) is 44.6 Å². The number of nitrogens with zero attached hydrogens (tertiary/aromatic N) is 2. The number of esters is 1. The van der Waals surface area contributed by atoms with Crippen LogP contribution in [0.3, 0.4) is 0 Å². The Morgan fingerprint density at radius 3 is 2.69 bits per heavy atom. The van der Waals surface area contributed by atoms with Crippen molar-refractivity contribution in [2.75, 3.05) is 32.8 Å². The zero-order chi connectivity index (χ0) is 20.9. The number of carbonyl (C=O) groups excluding carboxylic acids is 3. The second-order valence-corrected chi connectivity index (χ2v) is 7.92. The van der Waals surface area contributed by atoms with Gasteiger partial charge >= 0.3 is 5.97 Å². The average molecular weight is 404 g/mol. The summed E-state index contributed by atoms with van der Waals surface area (Å²) < 4.78 is 19.6. The Bertz CT molecular complexity index is 769. The lowest BCUT2D eigenvalue weighted by Crippen LogP contribution is -2.52. The highest BCUT2D eigenvalue weighted by Gasteiger charge is 2.45. The molecule has 2 amide bonds. The summed E-state index contributed by atoms with van der Waals surface area (Å²) in [4.78, 5) is 40.9. The average Bonchev–Trinajstić information content (AvgIpc) is 3.13. The van der Waals surface area contributed by atoms with E-state index in [-0.39, 0.29) is 49.6 Å². The monoisotopic (exact) mass is 404 g/mol. The normalized spacial score (nSPS) is 22.1. The van der Waals surface area contributed by atoms with Gasteiger partial charge in [0.05, 0.1) is 12.0 Å². The van der Waals surface area contributed by atoms with Crippen molar-refractivity contribution in [3.63, 3.8) is 0 Å². The number of hydrogen-bond donors (Lipinski definition) is 0. The minimum absolute atomic E-state index is 0.0772. The van der Waals surface area contributed by atoms with Crippen molar-refractivity contribution in [3.8, 4) is 0 Å². The largest absolute Gasteiger partial charge is 0.466 e. The van der Waals surface area contributed by atoms with Crippen LogP contribution in [0.15, 0.2) is 24.3 Å². The van der Waals surface area contributed by atoms with Crippen LogP contribution < -0.4 is 0 Å². The Kier molecular flexibility index (Phi) is 6.87. The number of carbonyl (C=O) groups is 3. The van der Waals surface area contributed by atoms with Crippen LogP contribution in [-0.2, 0) is 25.5 Å². The van der Waals surface area contributed by atoms with Crippen molar-refractivity contribution >= 4 is 17.8 Å². The fourth-order valence-electron chi connectivity index (χ4n) is 4.35. The van der Waals surface area contributed by atoms with Crippen molar-refractivity contribution in [2.24, 2.45) is 5.41 Å². The fourth-order valence-corrected chi connectivity index (χ4v) is 4.35. The number of piperidine rings is 1. The molecular weight excluding hydrogens is 375 g/mol. The minimum atomic E-state index is -0.949. The molecule has 158 valence electrons. The predicted molar refractivity (Wildman–Crippen MR) is 105 cm³/mol. The lowest BCUT2D eigenvalue weighted by Gasteiger charge is -2.41. The van der Waals surface area contributed by atoms with Crippen LogP contribution >= 0.6 is 0 Å². The molecule has 2 aliphatic heterocycles. The van der Waals surface area contributed by atoms with Crippen LogP contribution in [0, 0.1) is 11.2 Å². The van der Waals surface area contributed by atoms with Crippen LogP contribution in [-0.4, -0.2) is 60.4 Å². The molecule has 0 radical (unpaired) electrons. The van der Waals surface area contributed by atoms with Gasteiger partial charge in [0.25, 0.3) is 0 Å². The summed E-state index contributed by atoms with van der Waals surface area (Å²) in [7, 11) is 0. The van der Waals surface area contributed by atoms with Gasteiger partial charge in [0.1, 0.15) is 5.82 Å². The van der Waals surface area contributed by atoms with Crippen LogP contribution in [0.25, 0.3) is 0 Å². The summed E-state index contributed by atoms with van der Waals surface area (Å²) in [5.41, 5.74) is -0.493. The van der Waals surface area contributed by atoms with E-state index in [2.05, 4.69) is 0 Å². The van der Waals surface area contributed by atoms with E-state index in [9.17, 15) is 18.8 Å². The van der Waals surface area contributed by atoms with E-state index in [0.717, 1.165) is 6.42 Å². The highest BCUT2D eigenvalue weighted by atomic mass is 19.1. The Hall–Kier alpha value is -2.44. The summed E-state index contributed by atoms with van der Waals surface area (Å²) in [5.74, 6) is -0.717. The molecule has 0 unspecified atom stereocenters. The van der Waals surface area contributed by atoms with E-state index in [1.165, 1.54) is 6.07 Å². The summed E-state index contributed by atoms with van der Waals surface area (Å²) in [5, 5.41) is 0. The number of likely N-dealkylation sites (tertiary alicyclic amines) is 2. The van der Waals surface area contributed by atoms with Gasteiger partial charge in [-0.25, -0.2) is 4.39 Å². The summed E-state index contributed by atoms with van der Waals surface area (Å²) in [6.07, 6.45) is 3.03. The van der Waals surface area contributed by atoms with Crippen LogP contribution in [0.2, 0.25) is 0 Å². The molecule has 2 fully saturated rings. The van der Waals surface area contributed by atoms with Crippen molar-refractivity contribution in [1.82, 2.24) is 9.80 Å². The Morgan fingerprint density at radius 2 is 2.00 bits per heavy atom. The van der Waals surface area contributed by atoms with E-state index in [1.807, 2.05) is 0 Å². The highest BCUT2D eigenvalue weighted by Crippen LogP contribution is 2.36. The predicted octanol–water partition coefficient (Wildman–Crippen LogP) is 2.55. The lowest BCUT2D eigenvalue weighted by molar-refractivity contribution is -0.160. The van der Waals surface area contributed by atoms with Gasteiger partial charge in [-0.15, -0.1) is 0 Å². The molecule has 0 spiro atoms. The molecule has 0 saturated carbocycles. The van der Waals surface area contributed by atoms with E-state index < -0.39 is 5.41 Å². The van der Waals surface area contributed by atoms with Crippen LogP contribution in [0.4, 0.5) is 4.39 Å². The highest BCUT2D eigenvalue weighted by molar-refractivity contribution is 5.82. The SMILES string of the molecule is CCOC(=O)[C@@]1(Cc2ccccc2F)CCCN(C(=O)CCN2CCCC2=O)C1. The molecule has 2 aliphatic rings. The molecule has 2 saturated heterocycles. The van der Waals surface area contributed by atoms with Crippen LogP contribution in [0.5, 0.6) is 0 Å². The zero-order valence-corrected chi connectivity index (χ0v) is 17.0. The molecule has 0 aliphatic carbocycles. The molecule has 2 heterocycles. The zero-order valence-electron chi connectivity index (χ0n) is 17.0. The summed E-state index contributed by atoms with van der Waals surface area (Å²) in [6.45, 7) is 3.87. The number of benzene rings is 1. The quantitative estimate of drug-likeness (QED) is 0.655. The number of rotatable bonds is 7. The Morgan fingerprint density at radius 1 is 1.21 bits per heavy atom.